The second-order valence-electron chi connectivity index (χ2n) is 7.45. The Morgan fingerprint density at radius 3 is 2.73 bits per heavy atom. The van der Waals surface area contributed by atoms with E-state index in [4.69, 9.17) is 4.74 Å². The molecule has 8 heteroatoms. The first-order chi connectivity index (χ1) is 14.6. The first kappa shape index (κ1) is 19.9. The fourth-order valence-corrected chi connectivity index (χ4v) is 3.59. The van der Waals surface area contributed by atoms with Crippen molar-refractivity contribution in [2.75, 3.05) is 5.01 Å². The number of hydrogen-bond donors (Lipinski definition) is 2. The highest BCUT2D eigenvalue weighted by molar-refractivity contribution is 6.39. The number of ether oxygens (including phenoxy) is 1. The molecule has 2 heterocycles. The Morgan fingerprint density at radius 2 is 1.97 bits per heavy atom. The van der Waals surface area contributed by atoms with Crippen molar-refractivity contribution >= 4 is 23.3 Å². The molecule has 1 saturated carbocycles. The van der Waals surface area contributed by atoms with Crippen molar-refractivity contribution < 1.29 is 14.3 Å². The van der Waals surface area contributed by atoms with Gasteiger partial charge < -0.3 is 10.1 Å². The largest absolute Gasteiger partial charge is 0.474 e. The van der Waals surface area contributed by atoms with Crippen molar-refractivity contribution in [1.29, 1.82) is 0 Å². The zero-order chi connectivity index (χ0) is 20.9. The number of amidine groups is 1. The van der Waals surface area contributed by atoms with Crippen molar-refractivity contribution in [1.82, 2.24) is 15.7 Å². The van der Waals surface area contributed by atoms with Crippen LogP contribution < -0.4 is 20.5 Å². The lowest BCUT2D eigenvalue weighted by Crippen LogP contribution is -2.57. The quantitative estimate of drug-likeness (QED) is 0.766. The van der Waals surface area contributed by atoms with Gasteiger partial charge in [-0.15, -0.1) is 0 Å². The molecular weight excluding hydrogens is 382 g/mol. The number of carbonyl (C=O) groups excluding carboxylic acids is 2. The minimum absolute atomic E-state index is 0.0908. The molecule has 1 aliphatic carbocycles. The Morgan fingerprint density at radius 1 is 1.20 bits per heavy atom. The van der Waals surface area contributed by atoms with Crippen LogP contribution in [0.4, 0.5) is 5.69 Å². The van der Waals surface area contributed by atoms with Crippen LogP contribution in [0.1, 0.15) is 38.2 Å². The molecule has 2 N–H and O–H groups in total. The van der Waals surface area contributed by atoms with Crippen molar-refractivity contribution in [3.63, 3.8) is 0 Å². The molecule has 4 rings (SSSR count). The number of carbonyl (C=O) groups is 2. The van der Waals surface area contributed by atoms with E-state index in [1.165, 1.54) is 17.9 Å². The van der Waals surface area contributed by atoms with Crippen LogP contribution in [0.25, 0.3) is 0 Å². The predicted molar refractivity (Wildman–Crippen MR) is 113 cm³/mol. The molecule has 8 nitrogen and oxygen atoms in total. The highest BCUT2D eigenvalue weighted by atomic mass is 16.5. The van der Waals surface area contributed by atoms with Crippen LogP contribution in [0.15, 0.2) is 53.7 Å². The third kappa shape index (κ3) is 4.42. The van der Waals surface area contributed by atoms with E-state index in [0.29, 0.717) is 11.6 Å². The van der Waals surface area contributed by atoms with E-state index >= 15 is 0 Å². The first-order valence-corrected chi connectivity index (χ1v) is 10.2. The number of aliphatic imine (C=N–C) groups is 1. The summed E-state index contributed by atoms with van der Waals surface area (Å²) in [6.07, 6.45) is 6.28. The van der Waals surface area contributed by atoms with Crippen LogP contribution >= 0.6 is 0 Å². The van der Waals surface area contributed by atoms with Crippen molar-refractivity contribution in [3.8, 4) is 5.88 Å². The molecular formula is C22H25N5O3. The smallest absolute Gasteiger partial charge is 0.288 e. The molecule has 2 aliphatic rings. The highest BCUT2D eigenvalue weighted by Gasteiger charge is 2.30. The summed E-state index contributed by atoms with van der Waals surface area (Å²) >= 11 is 0. The average molecular weight is 407 g/mol. The Bertz CT molecular complexity index is 941. The number of hydrazine groups is 1. The van der Waals surface area contributed by atoms with E-state index in [-0.39, 0.29) is 24.4 Å². The van der Waals surface area contributed by atoms with Crippen LogP contribution in [0.2, 0.25) is 0 Å². The summed E-state index contributed by atoms with van der Waals surface area (Å²) < 4.78 is 6.03. The second kappa shape index (κ2) is 8.94. The Hall–Kier alpha value is -3.42. The average Bonchev–Trinajstić information content (AvgIpc) is 3.28. The normalized spacial score (nSPS) is 19.2. The number of hydrogen-bond acceptors (Lipinski definition) is 6. The van der Waals surface area contributed by atoms with Crippen LogP contribution in [0, 0.1) is 0 Å². The maximum atomic E-state index is 12.8. The first-order valence-electron chi connectivity index (χ1n) is 10.2. The lowest BCUT2D eigenvalue weighted by molar-refractivity contribution is -0.120. The van der Waals surface area contributed by atoms with Gasteiger partial charge in [-0.1, -0.05) is 24.3 Å². The molecule has 2 amide bonds. The number of para-hydroxylation sites is 1. The van der Waals surface area contributed by atoms with E-state index in [1.54, 1.807) is 25.3 Å². The summed E-state index contributed by atoms with van der Waals surface area (Å²) in [4.78, 5) is 33.8. The summed E-state index contributed by atoms with van der Waals surface area (Å²) in [5.41, 5.74) is 4.29. The Kier molecular flexibility index (Phi) is 5.92. The molecule has 0 radical (unpaired) electrons. The third-order valence-corrected chi connectivity index (χ3v) is 5.22. The number of rotatable bonds is 6. The number of amides is 2. The molecule has 0 saturated heterocycles. The fraction of sp³-hybridized carbons (Fsp3) is 0.364. The molecule has 1 aromatic carbocycles. The van der Waals surface area contributed by atoms with Crippen LogP contribution in [-0.2, 0) is 16.1 Å². The summed E-state index contributed by atoms with van der Waals surface area (Å²) in [5, 5.41) is 4.20. The number of aromatic nitrogens is 1. The summed E-state index contributed by atoms with van der Waals surface area (Å²) in [6.45, 7) is 1.92. The standard InChI is InChI=1S/C22H25N5O3/c1-15-22(29)27(17-9-3-2-4-10-17)26-19(25-15)20(28)24-14-16-8-7-13-23-21(16)30-18-11-5-6-12-18/h2-4,7-10,13,15,18H,5-6,11-12,14H2,1H3,(H,24,28)(H,25,26)/t15-/m1/s1. The zero-order valence-corrected chi connectivity index (χ0v) is 16.9. The summed E-state index contributed by atoms with van der Waals surface area (Å²) in [7, 11) is 0. The molecule has 30 heavy (non-hydrogen) atoms. The number of pyridine rings is 1. The van der Waals surface area contributed by atoms with Gasteiger partial charge in [0.1, 0.15) is 12.1 Å². The van der Waals surface area contributed by atoms with E-state index in [2.05, 4.69) is 20.7 Å². The van der Waals surface area contributed by atoms with Gasteiger partial charge in [-0.25, -0.2) is 15.0 Å². The lowest BCUT2D eigenvalue weighted by atomic mass is 10.2. The maximum Gasteiger partial charge on any atom is 0.288 e. The van der Waals surface area contributed by atoms with Crippen molar-refractivity contribution in [2.45, 2.75) is 51.3 Å². The van der Waals surface area contributed by atoms with Crippen molar-refractivity contribution in [2.24, 2.45) is 4.99 Å². The Labute approximate surface area is 175 Å². The number of nitrogens with zero attached hydrogens (tertiary/aromatic N) is 3. The minimum atomic E-state index is -0.660. The monoisotopic (exact) mass is 407 g/mol. The molecule has 1 aromatic heterocycles. The van der Waals surface area contributed by atoms with Gasteiger partial charge in [0.15, 0.2) is 0 Å². The van der Waals surface area contributed by atoms with Gasteiger partial charge in [0, 0.05) is 18.3 Å². The third-order valence-electron chi connectivity index (χ3n) is 5.22. The van der Waals surface area contributed by atoms with Gasteiger partial charge in [-0.3, -0.25) is 15.0 Å². The van der Waals surface area contributed by atoms with E-state index in [1.807, 2.05) is 30.3 Å². The molecule has 2 aromatic rings. The van der Waals surface area contributed by atoms with Crippen LogP contribution in [0.3, 0.4) is 0 Å². The summed E-state index contributed by atoms with van der Waals surface area (Å²) in [5.74, 6) is 0.0222. The van der Waals surface area contributed by atoms with Gasteiger partial charge in [0.2, 0.25) is 11.7 Å². The maximum absolute atomic E-state index is 12.8. The van der Waals surface area contributed by atoms with Crippen LogP contribution in [-0.4, -0.2) is 34.8 Å². The van der Waals surface area contributed by atoms with Gasteiger partial charge in [0.05, 0.1) is 5.69 Å². The SMILES string of the molecule is C[C@H]1N=C(C(=O)NCc2cccnc2OC2CCCC2)NN(c2ccccc2)C1=O. The topological polar surface area (TPSA) is 95.9 Å². The van der Waals surface area contributed by atoms with Gasteiger partial charge >= 0.3 is 0 Å². The summed E-state index contributed by atoms with van der Waals surface area (Å²) in [6, 6.07) is 12.1. The predicted octanol–water partition coefficient (Wildman–Crippen LogP) is 2.36. The molecule has 1 aliphatic heterocycles. The van der Waals surface area contributed by atoms with E-state index in [9.17, 15) is 9.59 Å². The van der Waals surface area contributed by atoms with E-state index < -0.39 is 11.9 Å². The zero-order valence-electron chi connectivity index (χ0n) is 16.9. The molecule has 0 bridgehead atoms. The van der Waals surface area contributed by atoms with Crippen molar-refractivity contribution in [3.05, 3.63) is 54.2 Å². The minimum Gasteiger partial charge on any atom is -0.474 e. The van der Waals surface area contributed by atoms with E-state index in [0.717, 1.165) is 18.4 Å². The lowest BCUT2D eigenvalue weighted by Gasteiger charge is -2.30. The highest BCUT2D eigenvalue weighted by Crippen LogP contribution is 2.25. The van der Waals surface area contributed by atoms with Crippen LogP contribution in [0.5, 0.6) is 5.88 Å². The number of nitrogens with one attached hydrogen (secondary N) is 2. The second-order valence-corrected chi connectivity index (χ2v) is 7.45. The molecule has 1 fully saturated rings. The molecule has 0 spiro atoms. The van der Waals surface area contributed by atoms with Gasteiger partial charge in [-0.05, 0) is 50.8 Å². The number of anilines is 1. The molecule has 156 valence electrons. The Balaban J connectivity index is 1.43. The van der Waals surface area contributed by atoms with Gasteiger partial charge in [0.25, 0.3) is 11.8 Å². The number of benzene rings is 1. The van der Waals surface area contributed by atoms with Gasteiger partial charge in [-0.2, -0.15) is 0 Å². The molecule has 0 unspecified atom stereocenters. The molecule has 1 atom stereocenters. The fourth-order valence-electron chi connectivity index (χ4n) is 3.59.